The zero-order valence-electron chi connectivity index (χ0n) is 14.8. The molecule has 1 aliphatic rings. The van der Waals surface area contributed by atoms with Crippen molar-refractivity contribution >= 4 is 29.0 Å². The van der Waals surface area contributed by atoms with E-state index in [1.807, 2.05) is 26.0 Å². The molecule has 1 heterocycles. The third kappa shape index (κ3) is 4.28. The monoisotopic (exact) mass is 358 g/mol. The molecule has 0 saturated heterocycles. The zero-order valence-corrected chi connectivity index (χ0v) is 15.6. The molecule has 132 valence electrons. The first-order valence-electron chi connectivity index (χ1n) is 8.62. The molecule has 6 heteroatoms. The fourth-order valence-electron chi connectivity index (χ4n) is 3.29. The molecule has 0 unspecified atom stereocenters. The van der Waals surface area contributed by atoms with Crippen LogP contribution in [0.1, 0.15) is 53.1 Å². The van der Waals surface area contributed by atoms with Crippen LogP contribution in [0.3, 0.4) is 0 Å². The maximum Gasteiger partial charge on any atom is 0.274 e. The van der Waals surface area contributed by atoms with Gasteiger partial charge in [-0.3, -0.25) is 4.79 Å². The van der Waals surface area contributed by atoms with Gasteiger partial charge in [-0.05, 0) is 50.8 Å². The molecule has 3 rings (SSSR count). The van der Waals surface area contributed by atoms with Crippen LogP contribution >= 0.6 is 11.6 Å². The summed E-state index contributed by atoms with van der Waals surface area (Å²) < 4.78 is 0. The van der Waals surface area contributed by atoms with Gasteiger partial charge in [-0.25, -0.2) is 9.97 Å². The van der Waals surface area contributed by atoms with Gasteiger partial charge in [0.25, 0.3) is 5.91 Å². The number of rotatable bonds is 4. The summed E-state index contributed by atoms with van der Waals surface area (Å²) in [5.41, 5.74) is 2.94. The van der Waals surface area contributed by atoms with E-state index in [4.69, 9.17) is 11.6 Å². The van der Waals surface area contributed by atoms with Crippen molar-refractivity contribution in [3.8, 4) is 0 Å². The van der Waals surface area contributed by atoms with E-state index >= 15 is 0 Å². The highest BCUT2D eigenvalue weighted by atomic mass is 35.5. The second-order valence-electron chi connectivity index (χ2n) is 6.70. The summed E-state index contributed by atoms with van der Waals surface area (Å²) in [5.74, 6) is 0.991. The molecule has 1 aromatic carbocycles. The molecule has 0 aliphatic heterocycles. The van der Waals surface area contributed by atoms with Gasteiger partial charge < -0.3 is 10.6 Å². The molecule has 1 saturated carbocycles. The number of amides is 1. The van der Waals surface area contributed by atoms with E-state index < -0.39 is 0 Å². The van der Waals surface area contributed by atoms with Crippen LogP contribution in [0.4, 0.5) is 11.5 Å². The lowest BCUT2D eigenvalue weighted by atomic mass is 10.1. The summed E-state index contributed by atoms with van der Waals surface area (Å²) in [7, 11) is 0. The van der Waals surface area contributed by atoms with Gasteiger partial charge in [-0.15, -0.1) is 0 Å². The summed E-state index contributed by atoms with van der Waals surface area (Å²) in [6.07, 6.45) is 4.76. The van der Waals surface area contributed by atoms with Crippen molar-refractivity contribution in [2.45, 2.75) is 52.5 Å². The van der Waals surface area contributed by atoms with Gasteiger partial charge in [0.2, 0.25) is 0 Å². The lowest BCUT2D eigenvalue weighted by molar-refractivity contribution is 0.102. The number of nitrogens with zero attached hydrogens (tertiary/aromatic N) is 2. The van der Waals surface area contributed by atoms with E-state index in [0.29, 0.717) is 34.1 Å². The zero-order chi connectivity index (χ0) is 18.0. The highest BCUT2D eigenvalue weighted by Gasteiger charge is 2.18. The number of aromatic nitrogens is 2. The SMILES string of the molecule is Cc1cc(C)c(NC(=O)c2cc(NC3CCCC3)nc(C)n2)c(Cl)c1. The van der Waals surface area contributed by atoms with Gasteiger partial charge in [-0.2, -0.15) is 0 Å². The molecular formula is C19H23ClN4O. The number of hydrogen-bond acceptors (Lipinski definition) is 4. The summed E-state index contributed by atoms with van der Waals surface area (Å²) >= 11 is 6.28. The van der Waals surface area contributed by atoms with Crippen LogP contribution in [-0.4, -0.2) is 21.9 Å². The minimum atomic E-state index is -0.283. The van der Waals surface area contributed by atoms with Crippen LogP contribution in [0.2, 0.25) is 5.02 Å². The molecular weight excluding hydrogens is 336 g/mol. The van der Waals surface area contributed by atoms with Crippen molar-refractivity contribution in [2.75, 3.05) is 10.6 Å². The van der Waals surface area contributed by atoms with Crippen LogP contribution in [0.5, 0.6) is 0 Å². The molecule has 1 amide bonds. The summed E-state index contributed by atoms with van der Waals surface area (Å²) in [5, 5.41) is 6.82. The normalized spacial score (nSPS) is 14.6. The minimum absolute atomic E-state index is 0.283. The van der Waals surface area contributed by atoms with Gasteiger partial charge in [0, 0.05) is 12.1 Å². The van der Waals surface area contributed by atoms with E-state index in [9.17, 15) is 4.79 Å². The molecule has 0 spiro atoms. The molecule has 0 atom stereocenters. The molecule has 5 nitrogen and oxygen atoms in total. The van der Waals surface area contributed by atoms with Crippen molar-refractivity contribution in [1.29, 1.82) is 0 Å². The third-order valence-corrected chi connectivity index (χ3v) is 4.75. The Kier molecular flexibility index (Phi) is 5.23. The molecule has 0 radical (unpaired) electrons. The number of hydrogen-bond donors (Lipinski definition) is 2. The fraction of sp³-hybridized carbons (Fsp3) is 0.421. The number of halogens is 1. The Bertz CT molecular complexity index is 777. The molecule has 2 aromatic rings. The average Bonchev–Trinajstić information content (AvgIpc) is 3.03. The van der Waals surface area contributed by atoms with Crippen LogP contribution in [0, 0.1) is 20.8 Å². The topological polar surface area (TPSA) is 66.9 Å². The van der Waals surface area contributed by atoms with E-state index in [1.165, 1.54) is 12.8 Å². The molecule has 1 fully saturated rings. The van der Waals surface area contributed by atoms with E-state index in [2.05, 4.69) is 20.6 Å². The predicted octanol–water partition coefficient (Wildman–Crippen LogP) is 4.66. The Hall–Kier alpha value is -2.14. The van der Waals surface area contributed by atoms with Crippen LogP contribution in [0.25, 0.3) is 0 Å². The van der Waals surface area contributed by atoms with Gasteiger partial charge in [0.15, 0.2) is 0 Å². The quantitative estimate of drug-likeness (QED) is 0.833. The van der Waals surface area contributed by atoms with Gasteiger partial charge in [0.1, 0.15) is 17.3 Å². The second-order valence-corrected chi connectivity index (χ2v) is 7.11. The standard InChI is InChI=1S/C19H23ClN4O/c1-11-8-12(2)18(15(20)9-11)24-19(25)16-10-17(22-13(3)21-16)23-14-6-4-5-7-14/h8-10,14H,4-7H2,1-3H3,(H,24,25)(H,21,22,23). The molecule has 2 N–H and O–H groups in total. The van der Waals surface area contributed by atoms with Crippen molar-refractivity contribution in [2.24, 2.45) is 0 Å². The first-order valence-corrected chi connectivity index (χ1v) is 9.00. The Balaban J connectivity index is 1.81. The third-order valence-electron chi connectivity index (χ3n) is 4.45. The van der Waals surface area contributed by atoms with Crippen molar-refractivity contribution < 1.29 is 4.79 Å². The lowest BCUT2D eigenvalue weighted by Gasteiger charge is -2.15. The first kappa shape index (κ1) is 17.7. The molecule has 0 bridgehead atoms. The number of carbonyl (C=O) groups excluding carboxylic acids is 1. The second kappa shape index (κ2) is 7.40. The minimum Gasteiger partial charge on any atom is -0.367 e. The van der Waals surface area contributed by atoms with Crippen LogP contribution < -0.4 is 10.6 Å². The predicted molar refractivity (Wildman–Crippen MR) is 102 cm³/mol. The number of anilines is 2. The fourth-order valence-corrected chi connectivity index (χ4v) is 3.66. The highest BCUT2D eigenvalue weighted by molar-refractivity contribution is 6.34. The van der Waals surface area contributed by atoms with Crippen molar-refractivity contribution in [3.63, 3.8) is 0 Å². The maximum absolute atomic E-state index is 12.7. The maximum atomic E-state index is 12.7. The summed E-state index contributed by atoms with van der Waals surface area (Å²) in [6, 6.07) is 5.96. The first-order chi connectivity index (χ1) is 11.9. The number of nitrogens with one attached hydrogen (secondary N) is 2. The summed E-state index contributed by atoms with van der Waals surface area (Å²) in [4.78, 5) is 21.3. The van der Waals surface area contributed by atoms with E-state index in [-0.39, 0.29) is 5.91 Å². The smallest absolute Gasteiger partial charge is 0.274 e. The Morgan fingerprint density at radius 1 is 1.12 bits per heavy atom. The number of aryl methyl sites for hydroxylation is 3. The van der Waals surface area contributed by atoms with Crippen molar-refractivity contribution in [3.05, 3.63) is 45.9 Å². The molecule has 1 aliphatic carbocycles. The average molecular weight is 359 g/mol. The number of carbonyl (C=O) groups is 1. The van der Waals surface area contributed by atoms with E-state index in [0.717, 1.165) is 24.0 Å². The Morgan fingerprint density at radius 3 is 2.52 bits per heavy atom. The Labute approximate surface area is 153 Å². The van der Waals surface area contributed by atoms with E-state index in [1.54, 1.807) is 13.0 Å². The lowest BCUT2D eigenvalue weighted by Crippen LogP contribution is -2.19. The Morgan fingerprint density at radius 2 is 1.84 bits per heavy atom. The van der Waals surface area contributed by atoms with Crippen LogP contribution in [-0.2, 0) is 0 Å². The molecule has 25 heavy (non-hydrogen) atoms. The van der Waals surface area contributed by atoms with Gasteiger partial charge in [0.05, 0.1) is 10.7 Å². The van der Waals surface area contributed by atoms with Gasteiger partial charge in [-0.1, -0.05) is 30.5 Å². The largest absolute Gasteiger partial charge is 0.367 e. The number of benzene rings is 1. The van der Waals surface area contributed by atoms with Crippen LogP contribution in [0.15, 0.2) is 18.2 Å². The van der Waals surface area contributed by atoms with Crippen molar-refractivity contribution in [1.82, 2.24) is 9.97 Å². The van der Waals surface area contributed by atoms with Gasteiger partial charge >= 0.3 is 0 Å². The summed E-state index contributed by atoms with van der Waals surface area (Å²) in [6.45, 7) is 5.69. The molecule has 1 aromatic heterocycles. The highest BCUT2D eigenvalue weighted by Crippen LogP contribution is 2.28.